The summed E-state index contributed by atoms with van der Waals surface area (Å²) in [5, 5.41) is 0. The normalized spacial score (nSPS) is 11.3. The molecular formula is C13H18O5S. The van der Waals surface area contributed by atoms with Crippen LogP contribution in [-0.2, 0) is 25.1 Å². The number of esters is 1. The molecule has 0 heterocycles. The lowest BCUT2D eigenvalue weighted by Crippen LogP contribution is -2.11. The molecule has 0 N–H and O–H groups in total. The van der Waals surface area contributed by atoms with E-state index in [0.29, 0.717) is 24.2 Å². The van der Waals surface area contributed by atoms with E-state index in [1.165, 1.54) is 14.2 Å². The van der Waals surface area contributed by atoms with Crippen LogP contribution in [-0.4, -0.2) is 41.0 Å². The molecule has 1 rings (SSSR count). The number of sulfone groups is 1. The lowest BCUT2D eigenvalue weighted by molar-refractivity contribution is 0.0600. The SMILES string of the molecule is COCCCS(=O)(=O)Cc1ccc(C(=O)OC)cc1. The molecule has 0 bridgehead atoms. The molecule has 1 aromatic carbocycles. The number of carbonyl (C=O) groups is 1. The van der Waals surface area contributed by atoms with Gasteiger partial charge >= 0.3 is 5.97 Å². The maximum absolute atomic E-state index is 11.8. The minimum atomic E-state index is -3.14. The monoisotopic (exact) mass is 286 g/mol. The predicted molar refractivity (Wildman–Crippen MR) is 71.8 cm³/mol. The van der Waals surface area contributed by atoms with E-state index in [2.05, 4.69) is 4.74 Å². The van der Waals surface area contributed by atoms with E-state index in [4.69, 9.17) is 4.74 Å². The Bertz CT molecular complexity index is 504. The molecule has 0 aromatic heterocycles. The van der Waals surface area contributed by atoms with Crippen molar-refractivity contribution in [1.82, 2.24) is 0 Å². The summed E-state index contributed by atoms with van der Waals surface area (Å²) in [4.78, 5) is 11.2. The van der Waals surface area contributed by atoms with Gasteiger partial charge in [-0.25, -0.2) is 13.2 Å². The largest absolute Gasteiger partial charge is 0.465 e. The van der Waals surface area contributed by atoms with Crippen LogP contribution in [0.3, 0.4) is 0 Å². The van der Waals surface area contributed by atoms with Gasteiger partial charge < -0.3 is 9.47 Å². The topological polar surface area (TPSA) is 69.7 Å². The fourth-order valence-corrected chi connectivity index (χ4v) is 3.01. The van der Waals surface area contributed by atoms with Crippen molar-refractivity contribution in [3.05, 3.63) is 35.4 Å². The second-order valence-corrected chi connectivity index (χ2v) is 6.31. The maximum atomic E-state index is 11.8. The summed E-state index contributed by atoms with van der Waals surface area (Å²) < 4.78 is 33.0. The number of hydrogen-bond donors (Lipinski definition) is 0. The van der Waals surface area contributed by atoms with E-state index in [1.807, 2.05) is 0 Å². The van der Waals surface area contributed by atoms with Gasteiger partial charge in [0.15, 0.2) is 9.84 Å². The van der Waals surface area contributed by atoms with Crippen molar-refractivity contribution in [3.63, 3.8) is 0 Å². The zero-order valence-corrected chi connectivity index (χ0v) is 11.9. The minimum Gasteiger partial charge on any atom is -0.465 e. The summed E-state index contributed by atoms with van der Waals surface area (Å²) in [6, 6.07) is 6.37. The third-order valence-electron chi connectivity index (χ3n) is 2.57. The first-order valence-electron chi connectivity index (χ1n) is 5.85. The van der Waals surface area contributed by atoms with E-state index in [1.54, 1.807) is 24.3 Å². The van der Waals surface area contributed by atoms with Gasteiger partial charge in [-0.3, -0.25) is 0 Å². The molecule has 1 aromatic rings. The first-order valence-corrected chi connectivity index (χ1v) is 7.67. The molecule has 0 atom stereocenters. The standard InChI is InChI=1S/C13H18O5S/c1-17-8-3-9-19(15,16)10-11-4-6-12(7-5-11)13(14)18-2/h4-7H,3,8-10H2,1-2H3. The summed E-state index contributed by atoms with van der Waals surface area (Å²) in [6.45, 7) is 0.431. The zero-order valence-electron chi connectivity index (χ0n) is 11.1. The van der Waals surface area contributed by atoms with Crippen molar-refractivity contribution in [1.29, 1.82) is 0 Å². The Morgan fingerprint density at radius 1 is 1.16 bits per heavy atom. The molecule has 0 aliphatic carbocycles. The number of hydrogen-bond acceptors (Lipinski definition) is 5. The molecule has 0 saturated heterocycles. The van der Waals surface area contributed by atoms with Crippen LogP contribution in [0.4, 0.5) is 0 Å². The summed E-state index contributed by atoms with van der Waals surface area (Å²) in [7, 11) is -0.300. The summed E-state index contributed by atoms with van der Waals surface area (Å²) in [5.74, 6) is -0.368. The Morgan fingerprint density at radius 3 is 2.32 bits per heavy atom. The van der Waals surface area contributed by atoms with Crippen molar-refractivity contribution in [2.24, 2.45) is 0 Å². The average Bonchev–Trinajstić information content (AvgIpc) is 2.38. The van der Waals surface area contributed by atoms with Gasteiger partial charge in [0.2, 0.25) is 0 Å². The number of benzene rings is 1. The van der Waals surface area contributed by atoms with E-state index in [-0.39, 0.29) is 11.5 Å². The molecular weight excluding hydrogens is 268 g/mol. The Balaban J connectivity index is 2.64. The molecule has 0 amide bonds. The van der Waals surface area contributed by atoms with E-state index >= 15 is 0 Å². The van der Waals surface area contributed by atoms with Crippen molar-refractivity contribution >= 4 is 15.8 Å². The smallest absolute Gasteiger partial charge is 0.337 e. The van der Waals surface area contributed by atoms with Crippen LogP contribution in [0.2, 0.25) is 0 Å². The van der Waals surface area contributed by atoms with E-state index in [0.717, 1.165) is 0 Å². The average molecular weight is 286 g/mol. The molecule has 6 heteroatoms. The zero-order chi connectivity index (χ0) is 14.3. The Labute approximate surface area is 113 Å². The molecule has 0 aliphatic rings. The van der Waals surface area contributed by atoms with E-state index in [9.17, 15) is 13.2 Å². The number of ether oxygens (including phenoxy) is 2. The van der Waals surface area contributed by atoms with Gasteiger partial charge in [-0.15, -0.1) is 0 Å². The maximum Gasteiger partial charge on any atom is 0.337 e. The highest BCUT2D eigenvalue weighted by atomic mass is 32.2. The van der Waals surface area contributed by atoms with Crippen LogP contribution in [0.25, 0.3) is 0 Å². The third kappa shape index (κ3) is 5.40. The van der Waals surface area contributed by atoms with Gasteiger partial charge in [-0.2, -0.15) is 0 Å². The van der Waals surface area contributed by atoms with Gasteiger partial charge in [0, 0.05) is 13.7 Å². The molecule has 0 saturated carbocycles. The van der Waals surface area contributed by atoms with Crippen LogP contribution < -0.4 is 0 Å². The van der Waals surface area contributed by atoms with Crippen molar-refractivity contribution in [2.45, 2.75) is 12.2 Å². The molecule has 106 valence electrons. The molecule has 0 fully saturated rings. The summed E-state index contributed by atoms with van der Waals surface area (Å²) >= 11 is 0. The molecule has 0 unspecified atom stereocenters. The first kappa shape index (κ1) is 15.7. The highest BCUT2D eigenvalue weighted by Gasteiger charge is 2.12. The Morgan fingerprint density at radius 2 is 1.79 bits per heavy atom. The summed E-state index contributed by atoms with van der Waals surface area (Å²) in [6.07, 6.45) is 0.485. The lowest BCUT2D eigenvalue weighted by atomic mass is 10.1. The number of carbonyl (C=O) groups excluding carboxylic acids is 1. The van der Waals surface area contributed by atoms with Crippen LogP contribution >= 0.6 is 0 Å². The van der Waals surface area contributed by atoms with E-state index < -0.39 is 15.8 Å². The van der Waals surface area contributed by atoms with Crippen LogP contribution in [0.5, 0.6) is 0 Å². The fraction of sp³-hybridized carbons (Fsp3) is 0.462. The van der Waals surface area contributed by atoms with Crippen LogP contribution in [0.15, 0.2) is 24.3 Å². The Kier molecular flexibility index (Phi) is 5.98. The number of methoxy groups -OCH3 is 2. The van der Waals surface area contributed by atoms with Gasteiger partial charge in [0.25, 0.3) is 0 Å². The van der Waals surface area contributed by atoms with Gasteiger partial charge in [-0.1, -0.05) is 12.1 Å². The van der Waals surface area contributed by atoms with Crippen molar-refractivity contribution in [2.75, 3.05) is 26.6 Å². The molecule has 5 nitrogen and oxygen atoms in total. The summed E-state index contributed by atoms with van der Waals surface area (Å²) in [5.41, 5.74) is 1.06. The van der Waals surface area contributed by atoms with Crippen molar-refractivity contribution in [3.8, 4) is 0 Å². The first-order chi connectivity index (χ1) is 8.98. The lowest BCUT2D eigenvalue weighted by Gasteiger charge is -2.05. The molecule has 0 spiro atoms. The fourth-order valence-electron chi connectivity index (χ4n) is 1.60. The van der Waals surface area contributed by atoms with Gasteiger partial charge in [-0.05, 0) is 24.1 Å². The van der Waals surface area contributed by atoms with Gasteiger partial charge in [0.1, 0.15) is 0 Å². The third-order valence-corrected chi connectivity index (χ3v) is 4.25. The predicted octanol–water partition coefficient (Wildman–Crippen LogP) is 1.42. The molecule has 19 heavy (non-hydrogen) atoms. The quantitative estimate of drug-likeness (QED) is 0.560. The second-order valence-electron chi connectivity index (χ2n) is 4.13. The van der Waals surface area contributed by atoms with Crippen LogP contribution in [0.1, 0.15) is 22.3 Å². The Hall–Kier alpha value is -1.40. The molecule has 0 radical (unpaired) electrons. The number of rotatable bonds is 7. The second kappa shape index (κ2) is 7.25. The van der Waals surface area contributed by atoms with Gasteiger partial charge in [0.05, 0.1) is 24.2 Å². The van der Waals surface area contributed by atoms with Crippen LogP contribution in [0, 0.1) is 0 Å². The highest BCUT2D eigenvalue weighted by molar-refractivity contribution is 7.90. The molecule has 0 aliphatic heterocycles. The minimum absolute atomic E-state index is 0.0296. The van der Waals surface area contributed by atoms with Crippen molar-refractivity contribution < 1.29 is 22.7 Å². The highest BCUT2D eigenvalue weighted by Crippen LogP contribution is 2.10.